The maximum atomic E-state index is 13.6. The number of carboxylic acids is 1. The lowest BCUT2D eigenvalue weighted by molar-refractivity contribution is -0.136. The van der Waals surface area contributed by atoms with E-state index in [1.54, 1.807) is 13.0 Å². The summed E-state index contributed by atoms with van der Waals surface area (Å²) in [6, 6.07) is 1.56. The molecule has 1 aromatic rings. The molecule has 15 heavy (non-hydrogen) atoms. The minimum Gasteiger partial charge on any atom is -0.495 e. The van der Waals surface area contributed by atoms with E-state index in [1.807, 2.05) is 0 Å². The maximum Gasteiger partial charge on any atom is 0.308 e. The fourth-order valence-corrected chi connectivity index (χ4v) is 2.08. The van der Waals surface area contributed by atoms with Gasteiger partial charge in [0.2, 0.25) is 0 Å². The van der Waals surface area contributed by atoms with Crippen molar-refractivity contribution in [2.45, 2.75) is 13.3 Å². The van der Waals surface area contributed by atoms with E-state index in [0.717, 1.165) is 0 Å². The Morgan fingerprint density at radius 2 is 2.27 bits per heavy atom. The maximum absolute atomic E-state index is 13.6. The normalized spacial score (nSPS) is 10.1. The van der Waals surface area contributed by atoms with E-state index in [1.165, 1.54) is 7.11 Å². The molecule has 0 radical (unpaired) electrons. The van der Waals surface area contributed by atoms with Crippen molar-refractivity contribution in [3.63, 3.8) is 0 Å². The van der Waals surface area contributed by atoms with Crippen molar-refractivity contribution in [1.29, 1.82) is 0 Å². The van der Waals surface area contributed by atoms with Gasteiger partial charge in [-0.3, -0.25) is 4.79 Å². The standard InChI is InChI=1S/C10H10BrFO3/c1-5-3-7(11)10(15-2)6(9(5)12)4-8(13)14/h3H,4H2,1-2H3,(H,13,14). The third-order valence-electron chi connectivity index (χ3n) is 1.98. The SMILES string of the molecule is COc1c(Br)cc(C)c(F)c1CC(=O)O. The van der Waals surface area contributed by atoms with Gasteiger partial charge < -0.3 is 9.84 Å². The van der Waals surface area contributed by atoms with Crippen molar-refractivity contribution in [3.8, 4) is 5.75 Å². The Morgan fingerprint density at radius 1 is 1.67 bits per heavy atom. The van der Waals surface area contributed by atoms with Gasteiger partial charge in [0.15, 0.2) is 0 Å². The average Bonchev–Trinajstić information content (AvgIpc) is 2.13. The minimum absolute atomic E-state index is 0.0666. The van der Waals surface area contributed by atoms with Crippen LogP contribution < -0.4 is 4.74 Å². The molecule has 1 N–H and O–H groups in total. The van der Waals surface area contributed by atoms with Crippen molar-refractivity contribution in [1.82, 2.24) is 0 Å². The fraction of sp³-hybridized carbons (Fsp3) is 0.300. The van der Waals surface area contributed by atoms with Gasteiger partial charge in [-0.15, -0.1) is 0 Å². The molecule has 3 nitrogen and oxygen atoms in total. The summed E-state index contributed by atoms with van der Waals surface area (Å²) in [6.07, 6.45) is -0.394. The Kier molecular flexibility index (Phi) is 3.68. The van der Waals surface area contributed by atoms with Crippen LogP contribution in [0.1, 0.15) is 11.1 Å². The molecule has 1 rings (SSSR count). The van der Waals surface area contributed by atoms with Crippen LogP contribution in [-0.4, -0.2) is 18.2 Å². The Bertz CT molecular complexity index is 404. The highest BCUT2D eigenvalue weighted by atomic mass is 79.9. The first-order valence-electron chi connectivity index (χ1n) is 4.20. The summed E-state index contributed by atoms with van der Waals surface area (Å²) in [5.74, 6) is -1.39. The average molecular weight is 277 g/mol. The number of hydrogen-bond donors (Lipinski definition) is 1. The molecule has 0 fully saturated rings. The van der Waals surface area contributed by atoms with Gasteiger partial charge in [0.05, 0.1) is 18.0 Å². The summed E-state index contributed by atoms with van der Waals surface area (Å²) < 4.78 is 19.1. The Balaban J connectivity index is 3.36. The van der Waals surface area contributed by atoms with Crippen molar-refractivity contribution in [2.24, 2.45) is 0 Å². The lowest BCUT2D eigenvalue weighted by atomic mass is 10.1. The number of aryl methyl sites for hydroxylation is 1. The molecule has 0 aliphatic carbocycles. The second kappa shape index (κ2) is 4.61. The molecule has 0 saturated heterocycles. The van der Waals surface area contributed by atoms with E-state index >= 15 is 0 Å². The summed E-state index contributed by atoms with van der Waals surface area (Å²) in [5, 5.41) is 8.66. The Hall–Kier alpha value is -1.10. The zero-order valence-electron chi connectivity index (χ0n) is 8.30. The minimum atomic E-state index is -1.09. The molecular formula is C10H10BrFO3. The molecule has 0 heterocycles. The first-order valence-corrected chi connectivity index (χ1v) is 5.00. The predicted molar refractivity (Wildman–Crippen MR) is 56.7 cm³/mol. The second-order valence-corrected chi connectivity index (χ2v) is 3.93. The molecular weight excluding hydrogens is 267 g/mol. The van der Waals surface area contributed by atoms with Crippen LogP contribution in [-0.2, 0) is 11.2 Å². The molecule has 0 bridgehead atoms. The van der Waals surface area contributed by atoms with Crippen LogP contribution in [0.2, 0.25) is 0 Å². The highest BCUT2D eigenvalue weighted by Crippen LogP contribution is 2.33. The van der Waals surface area contributed by atoms with Gasteiger partial charge in [0.25, 0.3) is 0 Å². The van der Waals surface area contributed by atoms with E-state index < -0.39 is 18.2 Å². The number of halogens is 2. The highest BCUT2D eigenvalue weighted by Gasteiger charge is 2.18. The molecule has 0 unspecified atom stereocenters. The number of rotatable bonds is 3. The molecule has 1 aromatic carbocycles. The van der Waals surface area contributed by atoms with Crippen LogP contribution in [0.4, 0.5) is 4.39 Å². The third-order valence-corrected chi connectivity index (χ3v) is 2.57. The number of carboxylic acid groups (broad SMARTS) is 1. The van der Waals surface area contributed by atoms with Crippen LogP contribution in [0.15, 0.2) is 10.5 Å². The number of aliphatic carboxylic acids is 1. The van der Waals surface area contributed by atoms with E-state index in [9.17, 15) is 9.18 Å². The van der Waals surface area contributed by atoms with Gasteiger partial charge in [-0.2, -0.15) is 0 Å². The number of benzene rings is 1. The Labute approximate surface area is 95.0 Å². The first kappa shape index (κ1) is 12.0. The molecule has 5 heteroatoms. The molecule has 0 aliphatic rings. The van der Waals surface area contributed by atoms with Gasteiger partial charge in [-0.25, -0.2) is 4.39 Å². The number of carbonyl (C=O) groups is 1. The molecule has 0 saturated carbocycles. The monoisotopic (exact) mass is 276 g/mol. The van der Waals surface area contributed by atoms with E-state index in [2.05, 4.69) is 15.9 Å². The molecule has 0 aromatic heterocycles. The van der Waals surface area contributed by atoms with Gasteiger partial charge in [0.1, 0.15) is 11.6 Å². The smallest absolute Gasteiger partial charge is 0.308 e. The van der Waals surface area contributed by atoms with E-state index in [0.29, 0.717) is 10.0 Å². The largest absolute Gasteiger partial charge is 0.495 e. The predicted octanol–water partition coefficient (Wildman–Crippen LogP) is 2.53. The van der Waals surface area contributed by atoms with Crippen LogP contribution in [0, 0.1) is 12.7 Å². The summed E-state index contributed by atoms with van der Waals surface area (Å²) in [6.45, 7) is 1.57. The molecule has 0 amide bonds. The quantitative estimate of drug-likeness (QED) is 0.923. The van der Waals surface area contributed by atoms with E-state index in [4.69, 9.17) is 9.84 Å². The molecule has 0 atom stereocenters. The fourth-order valence-electron chi connectivity index (χ4n) is 1.33. The van der Waals surface area contributed by atoms with Crippen molar-refractivity contribution in [2.75, 3.05) is 7.11 Å². The van der Waals surface area contributed by atoms with Crippen LogP contribution >= 0.6 is 15.9 Å². The lowest BCUT2D eigenvalue weighted by Crippen LogP contribution is -2.06. The Morgan fingerprint density at radius 3 is 2.73 bits per heavy atom. The topological polar surface area (TPSA) is 46.5 Å². The van der Waals surface area contributed by atoms with Crippen molar-refractivity contribution >= 4 is 21.9 Å². The van der Waals surface area contributed by atoms with Crippen LogP contribution in [0.3, 0.4) is 0 Å². The molecule has 0 spiro atoms. The molecule has 0 aliphatic heterocycles. The number of methoxy groups -OCH3 is 1. The summed E-state index contributed by atoms with van der Waals surface area (Å²) in [7, 11) is 1.38. The van der Waals surface area contributed by atoms with Gasteiger partial charge in [-0.05, 0) is 34.5 Å². The summed E-state index contributed by atoms with van der Waals surface area (Å²) >= 11 is 3.20. The number of hydrogen-bond acceptors (Lipinski definition) is 2. The van der Waals surface area contributed by atoms with Crippen molar-refractivity contribution in [3.05, 3.63) is 27.5 Å². The number of ether oxygens (including phenoxy) is 1. The van der Waals surface area contributed by atoms with Gasteiger partial charge in [-0.1, -0.05) is 0 Å². The first-order chi connectivity index (χ1) is 6.97. The molecule has 82 valence electrons. The lowest BCUT2D eigenvalue weighted by Gasteiger charge is -2.11. The van der Waals surface area contributed by atoms with Crippen LogP contribution in [0.25, 0.3) is 0 Å². The third kappa shape index (κ3) is 2.47. The van der Waals surface area contributed by atoms with E-state index in [-0.39, 0.29) is 11.3 Å². The van der Waals surface area contributed by atoms with Gasteiger partial charge >= 0.3 is 5.97 Å². The van der Waals surface area contributed by atoms with Gasteiger partial charge in [0, 0.05) is 5.56 Å². The summed E-state index contributed by atoms with van der Waals surface area (Å²) in [5.41, 5.74) is 0.454. The zero-order valence-corrected chi connectivity index (χ0v) is 9.89. The van der Waals surface area contributed by atoms with Crippen LogP contribution in [0.5, 0.6) is 5.75 Å². The second-order valence-electron chi connectivity index (χ2n) is 3.07. The van der Waals surface area contributed by atoms with Crippen molar-refractivity contribution < 1.29 is 19.0 Å². The highest BCUT2D eigenvalue weighted by molar-refractivity contribution is 9.10. The zero-order chi connectivity index (χ0) is 11.6. The summed E-state index contributed by atoms with van der Waals surface area (Å²) in [4.78, 5) is 10.6.